The predicted molar refractivity (Wildman–Crippen MR) is 105 cm³/mol. The molecule has 1 N–H and O–H groups in total. The molecule has 2 aromatic rings. The molecule has 2 heterocycles. The van der Waals surface area contributed by atoms with E-state index in [1.54, 1.807) is 7.11 Å². The third kappa shape index (κ3) is 4.02. The maximum atomic E-state index is 12.6. The molecule has 5 heteroatoms. The van der Waals surface area contributed by atoms with Gasteiger partial charge in [0.25, 0.3) is 0 Å². The second-order valence-electron chi connectivity index (χ2n) is 7.27. The smallest absolute Gasteiger partial charge is 0.227 e. The van der Waals surface area contributed by atoms with Crippen LogP contribution in [-0.4, -0.2) is 32.7 Å². The van der Waals surface area contributed by atoms with Crippen LogP contribution in [0.5, 0.6) is 11.5 Å². The van der Waals surface area contributed by atoms with Gasteiger partial charge in [-0.05, 0) is 60.7 Å². The van der Waals surface area contributed by atoms with Crippen molar-refractivity contribution in [2.75, 3.05) is 31.7 Å². The van der Waals surface area contributed by atoms with E-state index in [0.29, 0.717) is 19.6 Å². The number of nitrogens with zero attached hydrogens (tertiary/aromatic N) is 1. The third-order valence-corrected chi connectivity index (χ3v) is 5.39. The van der Waals surface area contributed by atoms with Crippen LogP contribution in [0.1, 0.15) is 24.0 Å². The number of fused-ring (bicyclic) bond motifs is 1. The molecule has 1 fully saturated rings. The van der Waals surface area contributed by atoms with Crippen LogP contribution >= 0.6 is 0 Å². The predicted octanol–water partition coefficient (Wildman–Crippen LogP) is 3.16. The number of hydrogen-bond donors (Lipinski definition) is 1. The van der Waals surface area contributed by atoms with E-state index in [-0.39, 0.29) is 11.8 Å². The van der Waals surface area contributed by atoms with Gasteiger partial charge in [0.2, 0.25) is 5.91 Å². The van der Waals surface area contributed by atoms with Crippen LogP contribution in [0.2, 0.25) is 0 Å². The Morgan fingerprint density at radius 2 is 2.07 bits per heavy atom. The van der Waals surface area contributed by atoms with Crippen molar-refractivity contribution < 1.29 is 14.3 Å². The molecule has 1 saturated heterocycles. The van der Waals surface area contributed by atoms with E-state index in [1.807, 2.05) is 18.2 Å². The van der Waals surface area contributed by atoms with E-state index in [2.05, 4.69) is 34.5 Å². The maximum Gasteiger partial charge on any atom is 0.227 e. The summed E-state index contributed by atoms with van der Waals surface area (Å²) < 4.78 is 11.0. The molecule has 1 amide bonds. The van der Waals surface area contributed by atoms with E-state index >= 15 is 0 Å². The zero-order valence-corrected chi connectivity index (χ0v) is 15.7. The van der Waals surface area contributed by atoms with Gasteiger partial charge in [-0.1, -0.05) is 12.1 Å². The summed E-state index contributed by atoms with van der Waals surface area (Å²) in [6, 6.07) is 14.2. The molecule has 0 saturated carbocycles. The Morgan fingerprint density at radius 1 is 1.22 bits per heavy atom. The fourth-order valence-electron chi connectivity index (χ4n) is 3.84. The zero-order valence-electron chi connectivity index (χ0n) is 15.7. The molecule has 1 atom stereocenters. The Hall–Kier alpha value is -2.69. The minimum absolute atomic E-state index is 0.0371. The minimum atomic E-state index is -0.175. The average molecular weight is 366 g/mol. The molecule has 0 aliphatic carbocycles. The number of carbonyl (C=O) groups is 1. The molecule has 2 aromatic carbocycles. The number of carbonyl (C=O) groups excluding carboxylic acids is 1. The fourth-order valence-corrected chi connectivity index (χ4v) is 3.84. The fraction of sp³-hybridized carbons (Fsp3) is 0.409. The van der Waals surface area contributed by atoms with Gasteiger partial charge >= 0.3 is 0 Å². The number of methoxy groups -OCH3 is 1. The molecule has 2 aliphatic heterocycles. The van der Waals surface area contributed by atoms with Crippen molar-refractivity contribution in [2.45, 2.75) is 25.8 Å². The van der Waals surface area contributed by atoms with Crippen molar-refractivity contribution in [2.24, 2.45) is 5.92 Å². The van der Waals surface area contributed by atoms with Gasteiger partial charge in [0, 0.05) is 25.3 Å². The number of anilines is 1. The number of amides is 1. The summed E-state index contributed by atoms with van der Waals surface area (Å²) in [4.78, 5) is 15.1. The first-order valence-corrected chi connectivity index (χ1v) is 9.64. The van der Waals surface area contributed by atoms with Gasteiger partial charge in [0.05, 0.1) is 13.0 Å². The first-order chi connectivity index (χ1) is 13.2. The lowest BCUT2D eigenvalue weighted by atomic mass is 9.95. The van der Waals surface area contributed by atoms with Gasteiger partial charge in [0.1, 0.15) is 18.1 Å². The highest BCUT2D eigenvalue weighted by Gasteiger charge is 2.26. The normalized spacial score (nSPS) is 18.6. The lowest BCUT2D eigenvalue weighted by Gasteiger charge is -2.25. The summed E-state index contributed by atoms with van der Waals surface area (Å²) in [6.45, 7) is 3.21. The quantitative estimate of drug-likeness (QED) is 0.883. The molecular weight excluding hydrogens is 340 g/mol. The Kier molecular flexibility index (Phi) is 5.19. The standard InChI is InChI=1S/C22H26N2O3/c1-26-20-7-8-21-17(13-20)12-18(15-27-21)22(25)23-14-16-5-4-6-19(11-16)24-9-2-3-10-24/h4-8,11,13,18H,2-3,9-10,12,14-15H2,1H3,(H,23,25)/t18-/m0/s1. The highest BCUT2D eigenvalue weighted by molar-refractivity contribution is 5.79. The molecule has 5 nitrogen and oxygen atoms in total. The minimum Gasteiger partial charge on any atom is -0.497 e. The van der Waals surface area contributed by atoms with E-state index in [4.69, 9.17) is 9.47 Å². The molecule has 0 aromatic heterocycles. The molecular formula is C22H26N2O3. The van der Waals surface area contributed by atoms with E-state index in [0.717, 1.165) is 35.7 Å². The first kappa shape index (κ1) is 17.7. The number of ether oxygens (including phenoxy) is 2. The Morgan fingerprint density at radius 3 is 2.89 bits per heavy atom. The van der Waals surface area contributed by atoms with Gasteiger partial charge in [0.15, 0.2) is 0 Å². The molecule has 142 valence electrons. The van der Waals surface area contributed by atoms with Gasteiger partial charge in [-0.15, -0.1) is 0 Å². The van der Waals surface area contributed by atoms with Crippen molar-refractivity contribution in [3.63, 3.8) is 0 Å². The third-order valence-electron chi connectivity index (χ3n) is 5.39. The number of hydrogen-bond acceptors (Lipinski definition) is 4. The Balaban J connectivity index is 1.36. The summed E-state index contributed by atoms with van der Waals surface area (Å²) in [7, 11) is 1.64. The largest absolute Gasteiger partial charge is 0.497 e. The van der Waals surface area contributed by atoms with Crippen molar-refractivity contribution in [3.05, 3.63) is 53.6 Å². The van der Waals surface area contributed by atoms with Crippen LogP contribution in [0, 0.1) is 5.92 Å². The summed E-state index contributed by atoms with van der Waals surface area (Å²) in [5, 5.41) is 3.08. The molecule has 0 unspecified atom stereocenters. The molecule has 27 heavy (non-hydrogen) atoms. The van der Waals surface area contributed by atoms with E-state index in [1.165, 1.54) is 18.5 Å². The second-order valence-corrected chi connectivity index (χ2v) is 7.27. The lowest BCUT2D eigenvalue weighted by molar-refractivity contribution is -0.126. The van der Waals surface area contributed by atoms with Crippen molar-refractivity contribution in [3.8, 4) is 11.5 Å². The zero-order chi connectivity index (χ0) is 18.6. The van der Waals surface area contributed by atoms with E-state index < -0.39 is 0 Å². The summed E-state index contributed by atoms with van der Waals surface area (Å²) in [5.74, 6) is 1.50. The van der Waals surface area contributed by atoms with E-state index in [9.17, 15) is 4.79 Å². The molecule has 2 aliphatic rings. The van der Waals surface area contributed by atoms with Crippen molar-refractivity contribution in [1.29, 1.82) is 0 Å². The van der Waals surface area contributed by atoms with Crippen LogP contribution in [-0.2, 0) is 17.8 Å². The highest BCUT2D eigenvalue weighted by Crippen LogP contribution is 2.30. The summed E-state index contributed by atoms with van der Waals surface area (Å²) in [6.07, 6.45) is 3.19. The van der Waals surface area contributed by atoms with Crippen LogP contribution in [0.25, 0.3) is 0 Å². The molecule has 0 spiro atoms. The first-order valence-electron chi connectivity index (χ1n) is 9.64. The Labute approximate surface area is 160 Å². The Bertz CT molecular complexity index is 815. The number of rotatable bonds is 5. The van der Waals surface area contributed by atoms with Crippen LogP contribution in [0.3, 0.4) is 0 Å². The van der Waals surface area contributed by atoms with Crippen molar-refractivity contribution >= 4 is 11.6 Å². The van der Waals surface area contributed by atoms with Crippen LogP contribution < -0.4 is 19.7 Å². The molecule has 4 rings (SSSR count). The second kappa shape index (κ2) is 7.91. The van der Waals surface area contributed by atoms with Gasteiger partial charge in [-0.25, -0.2) is 0 Å². The van der Waals surface area contributed by atoms with Crippen molar-refractivity contribution in [1.82, 2.24) is 5.32 Å². The average Bonchev–Trinajstić information content (AvgIpc) is 3.26. The topological polar surface area (TPSA) is 50.8 Å². The molecule has 0 bridgehead atoms. The van der Waals surface area contributed by atoms with Gasteiger partial charge in [-0.3, -0.25) is 4.79 Å². The van der Waals surface area contributed by atoms with Crippen LogP contribution in [0.4, 0.5) is 5.69 Å². The monoisotopic (exact) mass is 366 g/mol. The van der Waals surface area contributed by atoms with Gasteiger partial charge < -0.3 is 19.7 Å². The SMILES string of the molecule is COc1ccc2c(c1)C[C@H](C(=O)NCc1cccc(N3CCCC3)c1)CO2. The summed E-state index contributed by atoms with van der Waals surface area (Å²) in [5.41, 5.74) is 3.41. The maximum absolute atomic E-state index is 12.6. The number of nitrogens with one attached hydrogen (secondary N) is 1. The summed E-state index contributed by atoms with van der Waals surface area (Å²) >= 11 is 0. The lowest BCUT2D eigenvalue weighted by Crippen LogP contribution is -2.37. The van der Waals surface area contributed by atoms with Gasteiger partial charge in [-0.2, -0.15) is 0 Å². The molecule has 0 radical (unpaired) electrons. The highest BCUT2D eigenvalue weighted by atomic mass is 16.5. The number of benzene rings is 2. The van der Waals surface area contributed by atoms with Crippen LogP contribution in [0.15, 0.2) is 42.5 Å².